The summed E-state index contributed by atoms with van der Waals surface area (Å²) in [7, 11) is 0. The Hall–Kier alpha value is -2.37. The number of aliphatic hydroxyl groups excluding tert-OH is 2. The molecule has 0 saturated carbocycles. The lowest BCUT2D eigenvalue weighted by Gasteiger charge is -2.05. The maximum Gasteiger partial charge on any atom is 0.243 e. The Labute approximate surface area is 115 Å². The molecule has 1 aromatic carbocycles. The van der Waals surface area contributed by atoms with E-state index in [1.54, 1.807) is 28.7 Å². The fourth-order valence-electron chi connectivity index (χ4n) is 2.03. The average Bonchev–Trinajstić information content (AvgIpc) is 2.85. The van der Waals surface area contributed by atoms with E-state index in [0.717, 1.165) is 11.2 Å². The van der Waals surface area contributed by atoms with Gasteiger partial charge < -0.3 is 14.9 Å². The Morgan fingerprint density at radius 3 is 2.50 bits per heavy atom. The second-order valence-corrected chi connectivity index (χ2v) is 4.35. The maximum atomic E-state index is 9.49. The van der Waals surface area contributed by atoms with E-state index in [2.05, 4.69) is 4.98 Å². The van der Waals surface area contributed by atoms with Gasteiger partial charge >= 0.3 is 0 Å². The highest BCUT2D eigenvalue weighted by Gasteiger charge is 2.12. The average molecular weight is 270 g/mol. The summed E-state index contributed by atoms with van der Waals surface area (Å²) in [6, 6.07) is 12.7. The van der Waals surface area contributed by atoms with Crippen molar-refractivity contribution in [1.82, 2.24) is 9.38 Å². The number of imidazole rings is 1. The lowest BCUT2D eigenvalue weighted by molar-refractivity contribution is 0.269. The normalized spacial score (nSPS) is 10.9. The van der Waals surface area contributed by atoms with E-state index >= 15 is 0 Å². The van der Waals surface area contributed by atoms with Gasteiger partial charge in [-0.15, -0.1) is 0 Å². The summed E-state index contributed by atoms with van der Waals surface area (Å²) in [6.45, 7) is -0.161. The van der Waals surface area contributed by atoms with E-state index in [-0.39, 0.29) is 13.2 Å². The van der Waals surface area contributed by atoms with Crippen LogP contribution in [0.3, 0.4) is 0 Å². The number of rotatable bonds is 4. The molecule has 0 spiro atoms. The first kappa shape index (κ1) is 12.7. The number of hydrogen-bond donors (Lipinski definition) is 2. The van der Waals surface area contributed by atoms with Crippen molar-refractivity contribution in [2.45, 2.75) is 13.2 Å². The smallest absolute Gasteiger partial charge is 0.243 e. The highest BCUT2D eigenvalue weighted by atomic mass is 16.5. The van der Waals surface area contributed by atoms with E-state index in [9.17, 15) is 5.11 Å². The van der Waals surface area contributed by atoms with Crippen LogP contribution in [-0.4, -0.2) is 19.6 Å². The van der Waals surface area contributed by atoms with Crippen LogP contribution in [-0.2, 0) is 13.2 Å². The van der Waals surface area contributed by atoms with Gasteiger partial charge in [-0.2, -0.15) is 4.98 Å². The molecule has 0 fully saturated rings. The van der Waals surface area contributed by atoms with E-state index in [1.807, 2.05) is 24.4 Å². The molecule has 2 heterocycles. The van der Waals surface area contributed by atoms with Crippen molar-refractivity contribution in [1.29, 1.82) is 0 Å². The van der Waals surface area contributed by atoms with Crippen molar-refractivity contribution in [2.75, 3.05) is 0 Å². The zero-order valence-corrected chi connectivity index (χ0v) is 10.7. The van der Waals surface area contributed by atoms with Crippen molar-refractivity contribution in [3.05, 3.63) is 59.9 Å². The highest BCUT2D eigenvalue weighted by molar-refractivity contribution is 5.46. The third-order valence-electron chi connectivity index (χ3n) is 3.06. The first-order valence-electron chi connectivity index (χ1n) is 6.26. The molecule has 102 valence electrons. The van der Waals surface area contributed by atoms with Crippen molar-refractivity contribution in [3.63, 3.8) is 0 Å². The molecular weight excluding hydrogens is 256 g/mol. The lowest BCUT2D eigenvalue weighted by atomic mass is 10.2. The number of ether oxygens (including phenoxy) is 1. The Kier molecular flexibility index (Phi) is 3.37. The van der Waals surface area contributed by atoms with Gasteiger partial charge in [0.15, 0.2) is 0 Å². The number of pyridine rings is 1. The minimum atomic E-state index is -0.158. The molecule has 0 saturated heterocycles. The number of aliphatic hydroxyl groups is 2. The second-order valence-electron chi connectivity index (χ2n) is 4.35. The molecule has 0 bridgehead atoms. The molecule has 3 aromatic rings. The van der Waals surface area contributed by atoms with Gasteiger partial charge in [-0.05, 0) is 29.8 Å². The number of hydrogen-bond acceptors (Lipinski definition) is 4. The molecule has 0 aliphatic rings. The molecule has 0 unspecified atom stereocenters. The van der Waals surface area contributed by atoms with Crippen molar-refractivity contribution >= 4 is 5.65 Å². The summed E-state index contributed by atoms with van der Waals surface area (Å²) in [6.07, 6.45) is 1.83. The zero-order chi connectivity index (χ0) is 13.9. The van der Waals surface area contributed by atoms with Crippen LogP contribution in [0.2, 0.25) is 0 Å². The molecule has 0 aliphatic carbocycles. The largest absolute Gasteiger partial charge is 0.437 e. The fraction of sp³-hybridized carbons (Fsp3) is 0.133. The number of benzene rings is 1. The minimum Gasteiger partial charge on any atom is -0.437 e. The predicted octanol–water partition coefficient (Wildman–Crippen LogP) is 2.11. The van der Waals surface area contributed by atoms with E-state index in [1.165, 1.54) is 0 Å². The summed E-state index contributed by atoms with van der Waals surface area (Å²) in [4.78, 5) is 4.35. The molecule has 0 radical (unpaired) electrons. The van der Waals surface area contributed by atoms with Crippen LogP contribution < -0.4 is 4.74 Å². The number of aromatic nitrogens is 2. The molecule has 2 N–H and O–H groups in total. The van der Waals surface area contributed by atoms with Crippen LogP contribution in [0, 0.1) is 0 Å². The van der Waals surface area contributed by atoms with Crippen molar-refractivity contribution in [3.8, 4) is 11.6 Å². The predicted molar refractivity (Wildman–Crippen MR) is 73.6 cm³/mol. The molecule has 0 atom stereocenters. The first-order chi connectivity index (χ1) is 9.81. The lowest BCUT2D eigenvalue weighted by Crippen LogP contribution is -1.94. The van der Waals surface area contributed by atoms with Gasteiger partial charge in [0.1, 0.15) is 17.1 Å². The maximum absolute atomic E-state index is 9.49. The topological polar surface area (TPSA) is 67.0 Å². The van der Waals surface area contributed by atoms with Crippen LogP contribution in [0.5, 0.6) is 11.6 Å². The Bertz CT molecular complexity index is 720. The molecule has 0 amide bonds. The van der Waals surface area contributed by atoms with Crippen LogP contribution in [0.25, 0.3) is 5.65 Å². The Morgan fingerprint density at radius 2 is 1.80 bits per heavy atom. The summed E-state index contributed by atoms with van der Waals surface area (Å²) in [5, 5.41) is 18.5. The van der Waals surface area contributed by atoms with Gasteiger partial charge in [-0.25, -0.2) is 0 Å². The van der Waals surface area contributed by atoms with Gasteiger partial charge in [0.05, 0.1) is 13.2 Å². The van der Waals surface area contributed by atoms with Gasteiger partial charge in [-0.1, -0.05) is 18.2 Å². The first-order valence-corrected chi connectivity index (χ1v) is 6.26. The molecule has 0 aliphatic heterocycles. The van der Waals surface area contributed by atoms with Crippen molar-refractivity contribution in [2.24, 2.45) is 0 Å². The number of fused-ring (bicyclic) bond motifs is 1. The van der Waals surface area contributed by atoms with Crippen molar-refractivity contribution < 1.29 is 14.9 Å². The van der Waals surface area contributed by atoms with Crippen LogP contribution in [0.15, 0.2) is 48.7 Å². The molecule has 5 heteroatoms. The molecule has 5 nitrogen and oxygen atoms in total. The Balaban J connectivity index is 1.96. The zero-order valence-electron chi connectivity index (χ0n) is 10.7. The third kappa shape index (κ3) is 2.24. The van der Waals surface area contributed by atoms with E-state index < -0.39 is 0 Å². The quantitative estimate of drug-likeness (QED) is 0.762. The van der Waals surface area contributed by atoms with Gasteiger partial charge in [0.25, 0.3) is 0 Å². The summed E-state index contributed by atoms with van der Waals surface area (Å²) in [5.41, 5.74) is 2.14. The van der Waals surface area contributed by atoms with E-state index in [0.29, 0.717) is 17.3 Å². The fourth-order valence-corrected chi connectivity index (χ4v) is 2.03. The molecule has 2 aromatic heterocycles. The molecular formula is C15H14N2O3. The molecule has 20 heavy (non-hydrogen) atoms. The van der Waals surface area contributed by atoms with Crippen LogP contribution in [0.4, 0.5) is 0 Å². The monoisotopic (exact) mass is 270 g/mol. The SMILES string of the molecule is OCc1ccc(Oc2nc3ccccn3c2CO)cc1. The standard InChI is InChI=1S/C15H14N2O3/c18-9-11-4-6-12(7-5-11)20-15-13(10-19)17-8-2-1-3-14(17)16-15/h1-8,18-19H,9-10H2. The summed E-state index contributed by atoms with van der Waals surface area (Å²) < 4.78 is 7.50. The minimum absolute atomic E-state index is 0.00344. The molecule has 3 rings (SSSR count). The highest BCUT2D eigenvalue weighted by Crippen LogP contribution is 2.26. The second kappa shape index (κ2) is 5.32. The van der Waals surface area contributed by atoms with Gasteiger partial charge in [0, 0.05) is 6.20 Å². The van der Waals surface area contributed by atoms with Crippen LogP contribution in [0.1, 0.15) is 11.3 Å². The van der Waals surface area contributed by atoms with Gasteiger partial charge in [0.2, 0.25) is 5.88 Å². The Morgan fingerprint density at radius 1 is 1.00 bits per heavy atom. The van der Waals surface area contributed by atoms with Crippen LogP contribution >= 0.6 is 0 Å². The summed E-state index contributed by atoms with van der Waals surface area (Å²) in [5.74, 6) is 0.996. The van der Waals surface area contributed by atoms with E-state index in [4.69, 9.17) is 9.84 Å². The summed E-state index contributed by atoms with van der Waals surface area (Å²) >= 11 is 0. The number of nitrogens with zero attached hydrogens (tertiary/aromatic N) is 2. The van der Waals surface area contributed by atoms with Gasteiger partial charge in [-0.3, -0.25) is 4.40 Å². The third-order valence-corrected chi connectivity index (χ3v) is 3.06.